The molecule has 3 heterocycles. The number of hydrogen-bond donors (Lipinski definition) is 1. The van der Waals surface area contributed by atoms with Crippen LogP contribution in [-0.2, 0) is 24.0 Å². The minimum absolute atomic E-state index is 0.0508. The first-order chi connectivity index (χ1) is 14.4. The van der Waals surface area contributed by atoms with E-state index in [4.69, 9.17) is 4.52 Å². The van der Waals surface area contributed by atoms with E-state index < -0.39 is 16.3 Å². The Morgan fingerprint density at radius 2 is 2.13 bits per heavy atom. The Balaban J connectivity index is 1.64. The van der Waals surface area contributed by atoms with Crippen molar-refractivity contribution in [2.45, 2.75) is 64.8 Å². The van der Waals surface area contributed by atoms with Gasteiger partial charge in [0.1, 0.15) is 11.3 Å². The summed E-state index contributed by atoms with van der Waals surface area (Å²) in [6.07, 6.45) is 5.71. The second-order valence-corrected chi connectivity index (χ2v) is 8.88. The molecule has 0 aromatic carbocycles. The van der Waals surface area contributed by atoms with E-state index in [1.54, 1.807) is 19.3 Å². The number of pyridine rings is 1. The van der Waals surface area contributed by atoms with E-state index in [0.29, 0.717) is 24.6 Å². The Morgan fingerprint density at radius 3 is 2.83 bits per heavy atom. The van der Waals surface area contributed by atoms with Crippen molar-refractivity contribution in [3.8, 4) is 0 Å². The lowest BCUT2D eigenvalue weighted by atomic mass is 9.98. The van der Waals surface area contributed by atoms with E-state index in [1.807, 2.05) is 26.8 Å². The van der Waals surface area contributed by atoms with Gasteiger partial charge in [-0.2, -0.15) is 4.98 Å². The highest BCUT2D eigenvalue weighted by Gasteiger charge is 2.24. The highest BCUT2D eigenvalue weighted by atomic mass is 32.2. The maximum absolute atomic E-state index is 11.4. The van der Waals surface area contributed by atoms with Crippen molar-refractivity contribution in [1.82, 2.24) is 30.0 Å². The molecule has 0 radical (unpaired) electrons. The zero-order valence-electron chi connectivity index (χ0n) is 17.9. The predicted octanol–water partition coefficient (Wildman–Crippen LogP) is 2.70. The summed E-state index contributed by atoms with van der Waals surface area (Å²) >= 11 is -2.11. The van der Waals surface area contributed by atoms with Gasteiger partial charge in [-0.1, -0.05) is 37.0 Å². The molecule has 0 aliphatic rings. The molecule has 0 saturated heterocycles. The summed E-state index contributed by atoms with van der Waals surface area (Å²) in [5, 5.41) is 7.03. The standard InChI is InChI=1S/C20H30N6O3S/c1-5-19-24-20(29-25-19)16(11-13(2)14(3)30(27)28)22-8-6-10-26-15(4)23-17-12-21-9-7-18(17)26/h7,9,12-14,16,22H,5-6,8,10-11H2,1-4H3,(H,27,28)/p-1. The fraction of sp³-hybridized carbons (Fsp3) is 0.600. The van der Waals surface area contributed by atoms with Crippen molar-refractivity contribution in [2.75, 3.05) is 6.54 Å². The second-order valence-electron chi connectivity index (χ2n) is 7.62. The molecule has 4 atom stereocenters. The zero-order valence-corrected chi connectivity index (χ0v) is 18.7. The lowest BCUT2D eigenvalue weighted by molar-refractivity contribution is 0.293. The van der Waals surface area contributed by atoms with Crippen molar-refractivity contribution >= 4 is 22.1 Å². The average molecular weight is 434 g/mol. The molecular formula is C20H29N6O3S-. The molecule has 164 valence electrons. The van der Waals surface area contributed by atoms with E-state index >= 15 is 0 Å². The molecule has 0 aliphatic heterocycles. The summed E-state index contributed by atoms with van der Waals surface area (Å²) in [5.74, 6) is 2.07. The highest BCUT2D eigenvalue weighted by Crippen LogP contribution is 2.24. The minimum atomic E-state index is -2.11. The van der Waals surface area contributed by atoms with Crippen LogP contribution in [0, 0.1) is 12.8 Å². The van der Waals surface area contributed by atoms with E-state index in [0.717, 1.165) is 36.4 Å². The number of nitrogens with one attached hydrogen (secondary N) is 1. The number of nitrogens with zero attached hydrogens (tertiary/aromatic N) is 5. The van der Waals surface area contributed by atoms with Gasteiger partial charge in [0.25, 0.3) is 0 Å². The Bertz CT molecular complexity index is 988. The molecule has 9 nitrogen and oxygen atoms in total. The van der Waals surface area contributed by atoms with Crippen LogP contribution >= 0.6 is 0 Å². The Morgan fingerprint density at radius 1 is 1.33 bits per heavy atom. The fourth-order valence-electron chi connectivity index (χ4n) is 3.48. The molecule has 3 rings (SSSR count). The zero-order chi connectivity index (χ0) is 21.7. The van der Waals surface area contributed by atoms with E-state index in [2.05, 4.69) is 30.0 Å². The van der Waals surface area contributed by atoms with Gasteiger partial charge in [0.2, 0.25) is 5.89 Å². The first-order valence-corrected chi connectivity index (χ1v) is 11.4. The molecule has 0 fully saturated rings. The summed E-state index contributed by atoms with van der Waals surface area (Å²) in [5.41, 5.74) is 1.97. The number of aryl methyl sites for hydroxylation is 3. The molecule has 0 saturated carbocycles. The van der Waals surface area contributed by atoms with Gasteiger partial charge in [-0.3, -0.25) is 9.19 Å². The summed E-state index contributed by atoms with van der Waals surface area (Å²) in [6.45, 7) is 9.15. The normalized spacial score (nSPS) is 15.9. The van der Waals surface area contributed by atoms with Crippen molar-refractivity contribution in [3.63, 3.8) is 0 Å². The summed E-state index contributed by atoms with van der Waals surface area (Å²) in [6, 6.07) is 1.78. The number of fused-ring (bicyclic) bond motifs is 1. The second kappa shape index (κ2) is 10.2. The lowest BCUT2D eigenvalue weighted by Crippen LogP contribution is -2.29. The molecule has 0 spiro atoms. The van der Waals surface area contributed by atoms with Crippen LogP contribution in [0.2, 0.25) is 0 Å². The van der Waals surface area contributed by atoms with Crippen LogP contribution in [0.15, 0.2) is 23.0 Å². The van der Waals surface area contributed by atoms with E-state index in [-0.39, 0.29) is 12.0 Å². The largest absolute Gasteiger partial charge is 0.772 e. The third-order valence-corrected chi connectivity index (χ3v) is 6.57. The summed E-state index contributed by atoms with van der Waals surface area (Å²) in [4.78, 5) is 13.1. The van der Waals surface area contributed by atoms with Crippen molar-refractivity contribution in [2.24, 2.45) is 5.92 Å². The Labute approximate surface area is 179 Å². The number of rotatable bonds is 11. The van der Waals surface area contributed by atoms with Crippen molar-refractivity contribution < 1.29 is 13.3 Å². The van der Waals surface area contributed by atoms with Crippen LogP contribution in [0.1, 0.15) is 57.2 Å². The summed E-state index contributed by atoms with van der Waals surface area (Å²) < 4.78 is 30.3. The number of imidazole rings is 1. The molecule has 0 bridgehead atoms. The van der Waals surface area contributed by atoms with Crippen LogP contribution < -0.4 is 5.32 Å². The van der Waals surface area contributed by atoms with Gasteiger partial charge in [0.05, 0.1) is 17.8 Å². The van der Waals surface area contributed by atoms with E-state index in [9.17, 15) is 8.76 Å². The van der Waals surface area contributed by atoms with Gasteiger partial charge in [0.15, 0.2) is 5.82 Å². The highest BCUT2D eigenvalue weighted by molar-refractivity contribution is 7.79. The minimum Gasteiger partial charge on any atom is -0.772 e. The van der Waals surface area contributed by atoms with Gasteiger partial charge in [0, 0.05) is 24.4 Å². The third kappa shape index (κ3) is 5.30. The predicted molar refractivity (Wildman–Crippen MR) is 113 cm³/mol. The molecule has 0 aliphatic carbocycles. The van der Waals surface area contributed by atoms with Gasteiger partial charge < -0.3 is 19.0 Å². The summed E-state index contributed by atoms with van der Waals surface area (Å²) in [7, 11) is 0. The molecule has 4 unspecified atom stereocenters. The van der Waals surface area contributed by atoms with Crippen molar-refractivity contribution in [1.29, 1.82) is 0 Å². The maximum atomic E-state index is 11.4. The molecule has 1 N–H and O–H groups in total. The van der Waals surface area contributed by atoms with Crippen LogP contribution in [0.4, 0.5) is 0 Å². The van der Waals surface area contributed by atoms with Crippen LogP contribution in [0.25, 0.3) is 11.0 Å². The average Bonchev–Trinajstić information content (AvgIpc) is 3.33. The molecular weight excluding hydrogens is 404 g/mol. The van der Waals surface area contributed by atoms with Gasteiger partial charge in [-0.15, -0.1) is 0 Å². The monoisotopic (exact) mass is 433 g/mol. The Kier molecular flexibility index (Phi) is 7.68. The Hall–Kier alpha value is -2.17. The van der Waals surface area contributed by atoms with Crippen LogP contribution in [0.5, 0.6) is 0 Å². The topological polar surface area (TPSA) is 122 Å². The quantitative estimate of drug-likeness (QED) is 0.362. The third-order valence-electron chi connectivity index (χ3n) is 5.50. The smallest absolute Gasteiger partial charge is 0.243 e. The molecule has 3 aromatic heterocycles. The van der Waals surface area contributed by atoms with Gasteiger partial charge >= 0.3 is 0 Å². The fourth-order valence-corrected chi connectivity index (χ4v) is 3.97. The first-order valence-electron chi connectivity index (χ1n) is 10.3. The van der Waals surface area contributed by atoms with Gasteiger partial charge in [-0.25, -0.2) is 4.98 Å². The van der Waals surface area contributed by atoms with Crippen LogP contribution in [-0.4, -0.2) is 45.2 Å². The van der Waals surface area contributed by atoms with Crippen LogP contribution in [0.3, 0.4) is 0 Å². The van der Waals surface area contributed by atoms with Crippen molar-refractivity contribution in [3.05, 3.63) is 36.0 Å². The first kappa shape index (κ1) is 22.5. The van der Waals surface area contributed by atoms with E-state index in [1.165, 1.54) is 0 Å². The molecule has 3 aromatic rings. The van der Waals surface area contributed by atoms with Gasteiger partial charge in [-0.05, 0) is 38.3 Å². The SMILES string of the molecule is CCc1noc(C(CC(C)C(C)S(=O)[O-])NCCCn2c(C)nc3cnccc32)n1. The lowest BCUT2D eigenvalue weighted by Gasteiger charge is -2.25. The number of aromatic nitrogens is 5. The number of hydrogen-bond acceptors (Lipinski definition) is 8. The molecule has 10 heteroatoms. The maximum Gasteiger partial charge on any atom is 0.243 e. The molecule has 0 amide bonds. The molecule has 30 heavy (non-hydrogen) atoms.